The van der Waals surface area contributed by atoms with Gasteiger partial charge in [-0.05, 0) is 25.0 Å². The molecule has 1 aliphatic rings. The average molecular weight is 319 g/mol. The lowest BCUT2D eigenvalue weighted by molar-refractivity contribution is 0.277. The molecule has 1 aromatic carbocycles. The molecule has 124 valence electrons. The molecule has 1 aliphatic carbocycles. The first kappa shape index (κ1) is 15.9. The summed E-state index contributed by atoms with van der Waals surface area (Å²) in [5, 5.41) is 3.96. The zero-order chi connectivity index (χ0) is 16.1. The van der Waals surface area contributed by atoms with Gasteiger partial charge in [0.2, 0.25) is 11.7 Å². The van der Waals surface area contributed by atoms with Crippen molar-refractivity contribution >= 4 is 0 Å². The van der Waals surface area contributed by atoms with Crippen molar-refractivity contribution in [3.8, 4) is 5.75 Å². The minimum Gasteiger partial charge on any atom is -0.485 e. The molecule has 0 aliphatic heterocycles. The Labute approximate surface area is 135 Å². The highest BCUT2D eigenvalue weighted by atomic mass is 19.1. The van der Waals surface area contributed by atoms with Crippen LogP contribution in [0.15, 0.2) is 28.8 Å². The molecular formula is C17H22FN3O2. The van der Waals surface area contributed by atoms with Gasteiger partial charge >= 0.3 is 0 Å². The number of aromatic nitrogens is 2. The summed E-state index contributed by atoms with van der Waals surface area (Å²) in [5.74, 6) is 1.28. The van der Waals surface area contributed by atoms with E-state index in [0.717, 1.165) is 25.7 Å². The van der Waals surface area contributed by atoms with Crippen LogP contribution in [0.1, 0.15) is 56.2 Å². The fourth-order valence-corrected chi connectivity index (χ4v) is 3.00. The Balaban J connectivity index is 1.62. The van der Waals surface area contributed by atoms with Crippen molar-refractivity contribution < 1.29 is 13.7 Å². The van der Waals surface area contributed by atoms with E-state index >= 15 is 0 Å². The SMILES string of the molecule is NC1CCCCCCC1c1nc(COc2cccc(F)c2)no1. The number of rotatable bonds is 4. The summed E-state index contributed by atoms with van der Waals surface area (Å²) in [5.41, 5.74) is 6.27. The number of benzene rings is 1. The summed E-state index contributed by atoms with van der Waals surface area (Å²) in [7, 11) is 0. The zero-order valence-corrected chi connectivity index (χ0v) is 13.1. The number of ether oxygens (including phenoxy) is 1. The predicted molar refractivity (Wildman–Crippen MR) is 83.4 cm³/mol. The molecule has 5 nitrogen and oxygen atoms in total. The van der Waals surface area contributed by atoms with Crippen LogP contribution in [0, 0.1) is 5.82 Å². The van der Waals surface area contributed by atoms with Crippen molar-refractivity contribution in [3.05, 3.63) is 41.8 Å². The maximum atomic E-state index is 13.1. The van der Waals surface area contributed by atoms with Gasteiger partial charge in [-0.3, -0.25) is 0 Å². The van der Waals surface area contributed by atoms with E-state index in [2.05, 4.69) is 10.1 Å². The van der Waals surface area contributed by atoms with Crippen LogP contribution in [0.2, 0.25) is 0 Å². The number of hydrogen-bond acceptors (Lipinski definition) is 5. The lowest BCUT2D eigenvalue weighted by Crippen LogP contribution is -2.29. The van der Waals surface area contributed by atoms with Crippen molar-refractivity contribution in [1.82, 2.24) is 10.1 Å². The number of nitrogens with zero attached hydrogens (tertiary/aromatic N) is 2. The molecule has 6 heteroatoms. The molecule has 2 unspecified atom stereocenters. The van der Waals surface area contributed by atoms with Gasteiger partial charge < -0.3 is 15.0 Å². The second-order valence-electron chi connectivity index (χ2n) is 6.06. The normalized spacial score (nSPS) is 22.3. The monoisotopic (exact) mass is 319 g/mol. The Morgan fingerprint density at radius 3 is 2.87 bits per heavy atom. The number of halogens is 1. The molecule has 0 bridgehead atoms. The second kappa shape index (κ2) is 7.55. The molecule has 23 heavy (non-hydrogen) atoms. The number of hydrogen-bond donors (Lipinski definition) is 1. The summed E-state index contributed by atoms with van der Waals surface area (Å²) in [6, 6.07) is 6.04. The third-order valence-electron chi connectivity index (χ3n) is 4.28. The van der Waals surface area contributed by atoms with E-state index in [1.807, 2.05) is 0 Å². The van der Waals surface area contributed by atoms with Gasteiger partial charge in [0.05, 0.1) is 5.92 Å². The molecule has 2 atom stereocenters. The van der Waals surface area contributed by atoms with Crippen LogP contribution in [0.3, 0.4) is 0 Å². The molecule has 1 saturated carbocycles. The van der Waals surface area contributed by atoms with Gasteiger partial charge in [0.25, 0.3) is 0 Å². The van der Waals surface area contributed by atoms with Crippen LogP contribution in [0.4, 0.5) is 4.39 Å². The van der Waals surface area contributed by atoms with Crippen molar-refractivity contribution in [1.29, 1.82) is 0 Å². The Kier molecular flexibility index (Phi) is 5.23. The summed E-state index contributed by atoms with van der Waals surface area (Å²) in [4.78, 5) is 4.42. The van der Waals surface area contributed by atoms with Crippen molar-refractivity contribution in [2.75, 3.05) is 0 Å². The number of nitrogens with two attached hydrogens (primary N) is 1. The molecule has 2 aromatic rings. The van der Waals surface area contributed by atoms with Gasteiger partial charge in [0, 0.05) is 12.1 Å². The maximum Gasteiger partial charge on any atom is 0.231 e. The van der Waals surface area contributed by atoms with Gasteiger partial charge in [-0.1, -0.05) is 36.9 Å². The quantitative estimate of drug-likeness (QED) is 0.933. The highest BCUT2D eigenvalue weighted by Gasteiger charge is 2.26. The van der Waals surface area contributed by atoms with Crippen molar-refractivity contribution in [2.24, 2.45) is 5.73 Å². The zero-order valence-electron chi connectivity index (χ0n) is 13.1. The molecule has 0 spiro atoms. The first-order valence-corrected chi connectivity index (χ1v) is 8.19. The van der Waals surface area contributed by atoms with Crippen LogP contribution in [0.25, 0.3) is 0 Å². The first-order valence-electron chi connectivity index (χ1n) is 8.19. The van der Waals surface area contributed by atoms with E-state index in [9.17, 15) is 4.39 Å². The summed E-state index contributed by atoms with van der Waals surface area (Å²) in [6.07, 6.45) is 6.73. The van der Waals surface area contributed by atoms with Gasteiger partial charge in [0.1, 0.15) is 11.6 Å². The Bertz CT molecular complexity index is 632. The highest BCUT2D eigenvalue weighted by molar-refractivity contribution is 5.22. The van der Waals surface area contributed by atoms with Crippen LogP contribution in [0.5, 0.6) is 5.75 Å². The van der Waals surface area contributed by atoms with Gasteiger partial charge in [-0.15, -0.1) is 0 Å². The Morgan fingerprint density at radius 1 is 1.22 bits per heavy atom. The van der Waals surface area contributed by atoms with Gasteiger partial charge in [0.15, 0.2) is 6.61 Å². The van der Waals surface area contributed by atoms with Crippen LogP contribution >= 0.6 is 0 Å². The van der Waals surface area contributed by atoms with Crippen LogP contribution in [-0.4, -0.2) is 16.2 Å². The maximum absolute atomic E-state index is 13.1. The third-order valence-corrected chi connectivity index (χ3v) is 4.28. The predicted octanol–water partition coefficient (Wildman–Crippen LogP) is 3.55. The minimum absolute atomic E-state index is 0.0627. The standard InChI is InChI=1S/C17H22FN3O2/c18-12-6-5-7-13(10-12)22-11-16-20-17(23-21-16)14-8-3-1-2-4-9-15(14)19/h5-7,10,14-15H,1-4,8-9,11,19H2. The summed E-state index contributed by atoms with van der Waals surface area (Å²) >= 11 is 0. The van der Waals surface area contributed by atoms with Gasteiger partial charge in [-0.2, -0.15) is 4.98 Å². The molecule has 1 fully saturated rings. The van der Waals surface area contributed by atoms with E-state index in [1.54, 1.807) is 12.1 Å². The summed E-state index contributed by atoms with van der Waals surface area (Å²) in [6.45, 7) is 0.148. The lowest BCUT2D eigenvalue weighted by Gasteiger charge is -2.22. The molecule has 1 aromatic heterocycles. The molecule has 0 radical (unpaired) electrons. The van der Waals surface area contributed by atoms with E-state index in [-0.39, 0.29) is 24.4 Å². The minimum atomic E-state index is -0.336. The van der Waals surface area contributed by atoms with Crippen LogP contribution in [-0.2, 0) is 6.61 Å². The fraction of sp³-hybridized carbons (Fsp3) is 0.529. The molecular weight excluding hydrogens is 297 g/mol. The van der Waals surface area contributed by atoms with Crippen molar-refractivity contribution in [3.63, 3.8) is 0 Å². The average Bonchev–Trinajstić information content (AvgIpc) is 2.98. The molecule has 0 saturated heterocycles. The van der Waals surface area contributed by atoms with Gasteiger partial charge in [-0.25, -0.2) is 4.39 Å². The van der Waals surface area contributed by atoms with Crippen molar-refractivity contribution in [2.45, 2.75) is 57.1 Å². The van der Waals surface area contributed by atoms with E-state index in [1.165, 1.54) is 25.0 Å². The smallest absolute Gasteiger partial charge is 0.231 e. The largest absolute Gasteiger partial charge is 0.485 e. The topological polar surface area (TPSA) is 74.2 Å². The molecule has 0 amide bonds. The Hall–Kier alpha value is -1.95. The van der Waals surface area contributed by atoms with E-state index in [4.69, 9.17) is 15.0 Å². The second-order valence-corrected chi connectivity index (χ2v) is 6.06. The van der Waals surface area contributed by atoms with E-state index < -0.39 is 0 Å². The lowest BCUT2D eigenvalue weighted by atomic mass is 9.87. The molecule has 2 N–H and O–H groups in total. The molecule has 1 heterocycles. The molecule has 3 rings (SSSR count). The third kappa shape index (κ3) is 4.28. The fourth-order valence-electron chi connectivity index (χ4n) is 3.00. The highest BCUT2D eigenvalue weighted by Crippen LogP contribution is 2.29. The van der Waals surface area contributed by atoms with Crippen LogP contribution < -0.4 is 10.5 Å². The Morgan fingerprint density at radius 2 is 2.04 bits per heavy atom. The summed E-state index contributed by atoms with van der Waals surface area (Å²) < 4.78 is 24.0. The van der Waals surface area contributed by atoms with E-state index in [0.29, 0.717) is 17.5 Å². The first-order chi connectivity index (χ1) is 11.2.